The maximum atomic E-state index is 13.0. The largest absolute Gasteiger partial charge is 0.450 e. The number of nitrogens with zero attached hydrogens (tertiary/aromatic N) is 3. The number of benzene rings is 3. The van der Waals surface area contributed by atoms with E-state index >= 15 is 0 Å². The fourth-order valence-corrected chi connectivity index (χ4v) is 4.70. The molecule has 0 atom stereocenters. The average Bonchev–Trinajstić information content (AvgIpc) is 3.08. The van der Waals surface area contributed by atoms with E-state index in [0.717, 1.165) is 30.0 Å². The first kappa shape index (κ1) is 24.6. The molecule has 13 heteroatoms. The van der Waals surface area contributed by atoms with Crippen molar-refractivity contribution in [3.05, 3.63) is 101 Å². The predicted octanol–water partition coefficient (Wildman–Crippen LogP) is 7.01. The summed E-state index contributed by atoms with van der Waals surface area (Å²) in [4.78, 5) is 35.5. The Labute approximate surface area is 217 Å². The molecule has 0 spiro atoms. The third-order valence-electron chi connectivity index (χ3n) is 4.69. The maximum absolute atomic E-state index is 13.0. The molecule has 3 aromatic carbocycles. The first-order chi connectivity index (χ1) is 16.6. The van der Waals surface area contributed by atoms with Gasteiger partial charge in [-0.05, 0) is 48.0 Å². The molecule has 0 saturated carbocycles. The van der Waals surface area contributed by atoms with Crippen LogP contribution in [0.3, 0.4) is 0 Å². The minimum atomic E-state index is -0.763. The smallest absolute Gasteiger partial charge is 0.318 e. The number of non-ortho nitro benzene ring substituents is 1. The number of hydrogen-bond acceptors (Lipinski definition) is 8. The Hall–Kier alpha value is -3.51. The molecule has 0 radical (unpaired) electrons. The van der Waals surface area contributed by atoms with Crippen molar-refractivity contribution < 1.29 is 19.4 Å². The zero-order chi connectivity index (χ0) is 25.3. The van der Waals surface area contributed by atoms with Crippen molar-refractivity contribution >= 4 is 80.5 Å². The Kier molecular flexibility index (Phi) is 7.03. The van der Waals surface area contributed by atoms with E-state index in [9.17, 15) is 25.0 Å². The van der Waals surface area contributed by atoms with Gasteiger partial charge in [-0.3, -0.25) is 29.9 Å². The van der Waals surface area contributed by atoms with Gasteiger partial charge in [-0.2, -0.15) is 0 Å². The van der Waals surface area contributed by atoms with Gasteiger partial charge >= 0.3 is 5.69 Å². The number of nitro benzene ring substituents is 2. The van der Waals surface area contributed by atoms with Crippen molar-refractivity contribution in [1.29, 1.82) is 0 Å². The highest BCUT2D eigenvalue weighted by molar-refractivity contribution is 8.27. The van der Waals surface area contributed by atoms with Crippen LogP contribution in [0.15, 0.2) is 65.6 Å². The summed E-state index contributed by atoms with van der Waals surface area (Å²) in [5, 5.41) is 22.9. The lowest BCUT2D eigenvalue weighted by atomic mass is 10.2. The Morgan fingerprint density at radius 2 is 1.74 bits per heavy atom. The predicted molar refractivity (Wildman–Crippen MR) is 138 cm³/mol. The van der Waals surface area contributed by atoms with Gasteiger partial charge in [-0.1, -0.05) is 59.3 Å². The number of rotatable bonds is 6. The molecule has 1 amide bonds. The van der Waals surface area contributed by atoms with Gasteiger partial charge in [0, 0.05) is 6.07 Å². The van der Waals surface area contributed by atoms with Gasteiger partial charge in [0.15, 0.2) is 4.32 Å². The van der Waals surface area contributed by atoms with E-state index in [1.165, 1.54) is 4.90 Å². The van der Waals surface area contributed by atoms with Crippen LogP contribution in [0.2, 0.25) is 10.0 Å². The third kappa shape index (κ3) is 5.28. The molecule has 1 aliphatic heterocycles. The summed E-state index contributed by atoms with van der Waals surface area (Å²) in [5.41, 5.74) is 0.0727. The van der Waals surface area contributed by atoms with Crippen LogP contribution in [0, 0.1) is 20.2 Å². The van der Waals surface area contributed by atoms with E-state index in [2.05, 4.69) is 0 Å². The number of hydrogen-bond donors (Lipinski definition) is 0. The molecule has 176 valence electrons. The van der Waals surface area contributed by atoms with Crippen LogP contribution >= 0.6 is 47.2 Å². The Balaban J connectivity index is 1.60. The molecule has 4 rings (SSSR count). The van der Waals surface area contributed by atoms with Gasteiger partial charge in [0.1, 0.15) is 5.75 Å². The average molecular weight is 548 g/mol. The number of ether oxygens (including phenoxy) is 1. The highest BCUT2D eigenvalue weighted by Crippen LogP contribution is 2.39. The van der Waals surface area contributed by atoms with Gasteiger partial charge in [0.25, 0.3) is 11.6 Å². The molecule has 35 heavy (non-hydrogen) atoms. The first-order valence-electron chi connectivity index (χ1n) is 9.58. The van der Waals surface area contributed by atoms with Crippen molar-refractivity contribution in [2.75, 3.05) is 4.90 Å². The monoisotopic (exact) mass is 547 g/mol. The minimum absolute atomic E-state index is 0.163. The highest BCUT2D eigenvalue weighted by atomic mass is 35.5. The van der Waals surface area contributed by atoms with Crippen molar-refractivity contribution in [2.24, 2.45) is 0 Å². The van der Waals surface area contributed by atoms with Crippen molar-refractivity contribution in [1.82, 2.24) is 0 Å². The summed E-state index contributed by atoms with van der Waals surface area (Å²) < 4.78 is 5.94. The summed E-state index contributed by atoms with van der Waals surface area (Å²) in [5.74, 6) is -0.282. The summed E-state index contributed by atoms with van der Waals surface area (Å²) in [7, 11) is 0. The van der Waals surface area contributed by atoms with E-state index in [1.807, 2.05) is 0 Å². The molecule has 3 aromatic rings. The third-order valence-corrected chi connectivity index (χ3v) is 6.73. The fraction of sp³-hybridized carbons (Fsp3) is 0. The standard InChI is InChI=1S/C22H11Cl2N3O6S2/c23-16-6-4-13(10-17(16)24)25-21(28)20(35-22(25)34)9-12-2-1-3-15(8-12)33-19-7-5-14(26(29)30)11-18(19)27(31)32/h1-11H/b20-9-. The van der Waals surface area contributed by atoms with E-state index < -0.39 is 21.2 Å². The molecular formula is C22H11Cl2N3O6S2. The summed E-state index contributed by atoms with van der Waals surface area (Å²) in [6.07, 6.45) is 1.61. The van der Waals surface area contributed by atoms with E-state index in [-0.39, 0.29) is 22.4 Å². The quantitative estimate of drug-likeness (QED) is 0.140. The molecule has 0 N–H and O–H groups in total. The van der Waals surface area contributed by atoms with Crippen LogP contribution in [0.25, 0.3) is 6.08 Å². The maximum Gasteiger partial charge on any atom is 0.318 e. The summed E-state index contributed by atoms with van der Waals surface area (Å²) >= 11 is 18.5. The molecule has 0 bridgehead atoms. The Bertz CT molecular complexity index is 1450. The van der Waals surface area contributed by atoms with Crippen molar-refractivity contribution in [3.63, 3.8) is 0 Å². The number of thioether (sulfide) groups is 1. The van der Waals surface area contributed by atoms with Gasteiger partial charge in [-0.25, -0.2) is 0 Å². The molecule has 0 aliphatic carbocycles. The number of anilines is 1. The lowest BCUT2D eigenvalue weighted by Gasteiger charge is -2.15. The minimum Gasteiger partial charge on any atom is -0.450 e. The van der Waals surface area contributed by atoms with Gasteiger partial charge in [0.05, 0.1) is 36.6 Å². The summed E-state index contributed by atoms with van der Waals surface area (Å²) in [6, 6.07) is 14.3. The molecule has 0 aromatic heterocycles. The van der Waals surface area contributed by atoms with Crippen LogP contribution in [0.1, 0.15) is 5.56 Å². The lowest BCUT2D eigenvalue weighted by Crippen LogP contribution is -2.27. The zero-order valence-electron chi connectivity index (χ0n) is 17.2. The molecule has 1 heterocycles. The number of nitro groups is 2. The van der Waals surface area contributed by atoms with Gasteiger partial charge < -0.3 is 4.74 Å². The van der Waals surface area contributed by atoms with Crippen LogP contribution in [-0.4, -0.2) is 20.1 Å². The highest BCUT2D eigenvalue weighted by Gasteiger charge is 2.33. The second-order valence-electron chi connectivity index (χ2n) is 6.96. The second-order valence-corrected chi connectivity index (χ2v) is 9.45. The van der Waals surface area contributed by atoms with Crippen LogP contribution in [0.5, 0.6) is 11.5 Å². The van der Waals surface area contributed by atoms with E-state index in [4.69, 9.17) is 40.2 Å². The topological polar surface area (TPSA) is 116 Å². The Morgan fingerprint density at radius 1 is 0.971 bits per heavy atom. The molecule has 1 saturated heterocycles. The van der Waals surface area contributed by atoms with E-state index in [1.54, 1.807) is 48.5 Å². The number of amides is 1. The van der Waals surface area contributed by atoms with Crippen LogP contribution < -0.4 is 9.64 Å². The van der Waals surface area contributed by atoms with Gasteiger partial charge in [0.2, 0.25) is 5.75 Å². The molecule has 1 fully saturated rings. The second kappa shape index (κ2) is 10.0. The number of carbonyl (C=O) groups excluding carboxylic acids is 1. The number of thiocarbonyl (C=S) groups is 1. The van der Waals surface area contributed by atoms with Crippen molar-refractivity contribution in [3.8, 4) is 11.5 Å². The Morgan fingerprint density at radius 3 is 2.43 bits per heavy atom. The zero-order valence-corrected chi connectivity index (χ0v) is 20.4. The molecule has 1 aliphatic rings. The van der Waals surface area contributed by atoms with Crippen molar-refractivity contribution in [2.45, 2.75) is 0 Å². The van der Waals surface area contributed by atoms with E-state index in [0.29, 0.717) is 25.5 Å². The molecule has 0 unspecified atom stereocenters. The van der Waals surface area contributed by atoms with Gasteiger partial charge in [-0.15, -0.1) is 0 Å². The fourth-order valence-electron chi connectivity index (χ4n) is 3.11. The molecular weight excluding hydrogens is 537 g/mol. The van der Waals surface area contributed by atoms with Crippen LogP contribution in [-0.2, 0) is 4.79 Å². The first-order valence-corrected chi connectivity index (χ1v) is 11.6. The lowest BCUT2D eigenvalue weighted by molar-refractivity contribution is -0.394. The summed E-state index contributed by atoms with van der Waals surface area (Å²) in [6.45, 7) is 0. The van der Waals surface area contributed by atoms with Crippen LogP contribution in [0.4, 0.5) is 17.1 Å². The number of carbonyl (C=O) groups is 1. The molecule has 9 nitrogen and oxygen atoms in total. The number of halogens is 2. The normalized spacial score (nSPS) is 14.5. The SMILES string of the molecule is O=C1/C(=C/c2cccc(Oc3ccc([N+](=O)[O-])cc3[N+](=O)[O-])c2)SC(=S)N1c1ccc(Cl)c(Cl)c1.